The van der Waals surface area contributed by atoms with Gasteiger partial charge in [-0.15, -0.1) is 0 Å². The predicted octanol–water partition coefficient (Wildman–Crippen LogP) is 3.14. The molecule has 8 heteroatoms. The normalized spacial score (nSPS) is 21.1. The molecular weight excluding hydrogens is 333 g/mol. The minimum atomic E-state index is -4.45. The van der Waals surface area contributed by atoms with E-state index in [0.717, 1.165) is 31.7 Å². The summed E-state index contributed by atoms with van der Waals surface area (Å²) in [4.78, 5) is 16.1. The van der Waals surface area contributed by atoms with Gasteiger partial charge in [0.1, 0.15) is 12.7 Å². The van der Waals surface area contributed by atoms with Crippen LogP contribution in [-0.4, -0.2) is 26.7 Å². The maximum Gasteiger partial charge on any atom is 0.416 e. The summed E-state index contributed by atoms with van der Waals surface area (Å²) in [7, 11) is 0. The van der Waals surface area contributed by atoms with Crippen molar-refractivity contribution < 1.29 is 18.0 Å². The summed E-state index contributed by atoms with van der Waals surface area (Å²) in [6, 6.07) is 5.46. The van der Waals surface area contributed by atoms with Gasteiger partial charge in [-0.25, -0.2) is 9.67 Å². The number of benzene rings is 1. The summed E-state index contributed by atoms with van der Waals surface area (Å²) in [6.45, 7) is 0. The number of carbonyl (C=O) groups is 1. The standard InChI is InChI=1S/C17H19F3N4O/c18-17(19,20)15-4-2-1-3-12(15)9-16(25)23-13-5-7-14(8-6-13)24-11-21-10-22-24/h1-4,10-11,13-14H,5-9H2,(H,23,25). The number of hydrogen-bond donors (Lipinski definition) is 1. The Bertz CT molecular complexity index is 707. The number of alkyl halides is 3. The molecule has 1 aromatic carbocycles. The molecular formula is C17H19F3N4O. The van der Waals surface area contributed by atoms with Crippen LogP contribution < -0.4 is 5.32 Å². The maximum atomic E-state index is 13.0. The molecule has 0 unspecified atom stereocenters. The molecule has 3 rings (SSSR count). The third-order valence-corrected chi connectivity index (χ3v) is 4.55. The SMILES string of the molecule is O=C(Cc1ccccc1C(F)(F)F)NC1CCC(n2cncn2)CC1. The van der Waals surface area contributed by atoms with Crippen LogP contribution >= 0.6 is 0 Å². The Kier molecular flexibility index (Phi) is 5.06. The van der Waals surface area contributed by atoms with Crippen LogP contribution in [0.25, 0.3) is 0 Å². The third-order valence-electron chi connectivity index (χ3n) is 4.55. The number of hydrogen-bond acceptors (Lipinski definition) is 3. The fraction of sp³-hybridized carbons (Fsp3) is 0.471. The Morgan fingerprint density at radius 3 is 2.56 bits per heavy atom. The molecule has 134 valence electrons. The first-order chi connectivity index (χ1) is 11.9. The molecule has 0 aliphatic heterocycles. The molecule has 25 heavy (non-hydrogen) atoms. The average Bonchev–Trinajstić information content (AvgIpc) is 3.09. The van der Waals surface area contributed by atoms with Crippen molar-refractivity contribution in [3.63, 3.8) is 0 Å². The van der Waals surface area contributed by atoms with Crippen LogP contribution in [0.1, 0.15) is 42.9 Å². The van der Waals surface area contributed by atoms with E-state index in [1.807, 2.05) is 4.68 Å². The molecule has 5 nitrogen and oxygen atoms in total. The van der Waals surface area contributed by atoms with Crippen LogP contribution in [-0.2, 0) is 17.4 Å². The van der Waals surface area contributed by atoms with E-state index in [0.29, 0.717) is 0 Å². The third kappa shape index (κ3) is 4.37. The van der Waals surface area contributed by atoms with Gasteiger partial charge in [-0.2, -0.15) is 18.3 Å². The number of halogens is 3. The second-order valence-corrected chi connectivity index (χ2v) is 6.28. The van der Waals surface area contributed by atoms with Gasteiger partial charge in [0.05, 0.1) is 18.0 Å². The monoisotopic (exact) mass is 352 g/mol. The summed E-state index contributed by atoms with van der Waals surface area (Å²) in [5.41, 5.74) is -0.746. The molecule has 0 bridgehead atoms. The highest BCUT2D eigenvalue weighted by Gasteiger charge is 2.33. The molecule has 0 atom stereocenters. The van der Waals surface area contributed by atoms with Gasteiger partial charge in [0.2, 0.25) is 5.91 Å². The van der Waals surface area contributed by atoms with E-state index in [-0.39, 0.29) is 30.0 Å². The lowest BCUT2D eigenvalue weighted by Crippen LogP contribution is -2.39. The molecule has 1 N–H and O–H groups in total. The van der Waals surface area contributed by atoms with Crippen molar-refractivity contribution in [2.45, 2.75) is 50.4 Å². The lowest BCUT2D eigenvalue weighted by atomic mass is 9.91. The van der Waals surface area contributed by atoms with Crippen LogP contribution in [0.3, 0.4) is 0 Å². The summed E-state index contributed by atoms with van der Waals surface area (Å²) in [5, 5.41) is 6.99. The maximum absolute atomic E-state index is 13.0. The van der Waals surface area contributed by atoms with Crippen LogP contribution in [0.2, 0.25) is 0 Å². The van der Waals surface area contributed by atoms with E-state index in [9.17, 15) is 18.0 Å². The molecule has 1 fully saturated rings. The molecule has 1 aromatic heterocycles. The van der Waals surface area contributed by atoms with E-state index >= 15 is 0 Å². The smallest absolute Gasteiger partial charge is 0.353 e. The molecule has 1 aliphatic rings. The van der Waals surface area contributed by atoms with E-state index < -0.39 is 11.7 Å². The first-order valence-corrected chi connectivity index (χ1v) is 8.22. The number of nitrogens with zero attached hydrogens (tertiary/aromatic N) is 3. The molecule has 2 aromatic rings. The van der Waals surface area contributed by atoms with Crippen molar-refractivity contribution >= 4 is 5.91 Å². The van der Waals surface area contributed by atoms with Crippen molar-refractivity contribution in [3.05, 3.63) is 48.0 Å². The average molecular weight is 352 g/mol. The Morgan fingerprint density at radius 1 is 1.20 bits per heavy atom. The van der Waals surface area contributed by atoms with Gasteiger partial charge < -0.3 is 5.32 Å². The van der Waals surface area contributed by atoms with Crippen LogP contribution in [0, 0.1) is 0 Å². The molecule has 1 saturated carbocycles. The van der Waals surface area contributed by atoms with Gasteiger partial charge in [0, 0.05) is 6.04 Å². The minimum absolute atomic E-state index is 0.00352. The lowest BCUT2D eigenvalue weighted by Gasteiger charge is -2.29. The zero-order valence-electron chi connectivity index (χ0n) is 13.5. The molecule has 1 aliphatic carbocycles. The van der Waals surface area contributed by atoms with Gasteiger partial charge in [0.25, 0.3) is 0 Å². The fourth-order valence-corrected chi connectivity index (χ4v) is 3.29. The van der Waals surface area contributed by atoms with Gasteiger partial charge in [-0.1, -0.05) is 18.2 Å². The van der Waals surface area contributed by atoms with E-state index in [1.54, 1.807) is 6.33 Å². The quantitative estimate of drug-likeness (QED) is 0.920. The molecule has 0 spiro atoms. The van der Waals surface area contributed by atoms with Gasteiger partial charge in [-0.05, 0) is 37.3 Å². The van der Waals surface area contributed by atoms with Gasteiger partial charge in [-0.3, -0.25) is 4.79 Å². The Balaban J connectivity index is 1.54. The van der Waals surface area contributed by atoms with Gasteiger partial charge in [0.15, 0.2) is 0 Å². The summed E-state index contributed by atoms with van der Waals surface area (Å²) < 4.78 is 40.8. The summed E-state index contributed by atoms with van der Waals surface area (Å²) >= 11 is 0. The van der Waals surface area contributed by atoms with Crippen molar-refractivity contribution in [1.82, 2.24) is 20.1 Å². The van der Waals surface area contributed by atoms with Crippen LogP contribution in [0.4, 0.5) is 13.2 Å². The van der Waals surface area contributed by atoms with Crippen LogP contribution in [0.5, 0.6) is 0 Å². The highest BCUT2D eigenvalue weighted by Crippen LogP contribution is 2.32. The Labute approximate surface area is 143 Å². The number of nitrogens with one attached hydrogen (secondary N) is 1. The first kappa shape index (κ1) is 17.4. The molecule has 1 heterocycles. The highest BCUT2D eigenvalue weighted by atomic mass is 19.4. The molecule has 1 amide bonds. The highest BCUT2D eigenvalue weighted by molar-refractivity contribution is 5.79. The Morgan fingerprint density at radius 2 is 1.92 bits per heavy atom. The lowest BCUT2D eigenvalue weighted by molar-refractivity contribution is -0.138. The van der Waals surface area contributed by atoms with E-state index in [2.05, 4.69) is 15.4 Å². The fourth-order valence-electron chi connectivity index (χ4n) is 3.29. The molecule has 0 radical (unpaired) electrons. The largest absolute Gasteiger partial charge is 0.416 e. The number of rotatable bonds is 4. The summed E-state index contributed by atoms with van der Waals surface area (Å²) in [5.74, 6) is -0.374. The Hall–Kier alpha value is -2.38. The van der Waals surface area contributed by atoms with Crippen molar-refractivity contribution in [1.29, 1.82) is 0 Å². The number of carbonyl (C=O) groups excluding carboxylic acids is 1. The van der Waals surface area contributed by atoms with Gasteiger partial charge >= 0.3 is 6.18 Å². The molecule has 0 saturated heterocycles. The van der Waals surface area contributed by atoms with E-state index in [4.69, 9.17) is 0 Å². The number of aromatic nitrogens is 3. The zero-order chi connectivity index (χ0) is 17.9. The van der Waals surface area contributed by atoms with Crippen molar-refractivity contribution in [2.75, 3.05) is 0 Å². The topological polar surface area (TPSA) is 59.8 Å². The number of amides is 1. The van der Waals surface area contributed by atoms with Crippen molar-refractivity contribution in [3.8, 4) is 0 Å². The predicted molar refractivity (Wildman–Crippen MR) is 84.6 cm³/mol. The summed E-state index contributed by atoms with van der Waals surface area (Å²) in [6.07, 6.45) is 1.71. The zero-order valence-corrected chi connectivity index (χ0v) is 13.5. The minimum Gasteiger partial charge on any atom is -0.353 e. The van der Waals surface area contributed by atoms with E-state index in [1.165, 1.54) is 24.5 Å². The van der Waals surface area contributed by atoms with Crippen LogP contribution in [0.15, 0.2) is 36.9 Å². The first-order valence-electron chi connectivity index (χ1n) is 8.22. The second kappa shape index (κ2) is 7.25. The second-order valence-electron chi connectivity index (χ2n) is 6.28. The van der Waals surface area contributed by atoms with Crippen molar-refractivity contribution in [2.24, 2.45) is 0 Å².